The largest absolute Gasteiger partial charge is 0.335 e. The molecule has 1 unspecified atom stereocenters. The molecule has 122 valence electrons. The van der Waals surface area contributed by atoms with Gasteiger partial charge in [0, 0.05) is 17.5 Å². The van der Waals surface area contributed by atoms with Crippen LogP contribution in [0.5, 0.6) is 0 Å². The molecule has 24 heavy (non-hydrogen) atoms. The zero-order valence-corrected chi connectivity index (χ0v) is 14.2. The zero-order chi connectivity index (χ0) is 16.7. The van der Waals surface area contributed by atoms with E-state index in [4.69, 9.17) is 0 Å². The molecule has 0 radical (unpaired) electrons. The number of carbonyl (C=O) groups is 2. The number of hydrogen-bond donors (Lipinski definition) is 1. The van der Waals surface area contributed by atoms with Gasteiger partial charge >= 0.3 is 0 Å². The van der Waals surface area contributed by atoms with E-state index in [1.165, 1.54) is 22.9 Å². The minimum atomic E-state index is -0.0184. The van der Waals surface area contributed by atoms with Gasteiger partial charge in [-0.25, -0.2) is 0 Å². The lowest BCUT2D eigenvalue weighted by Gasteiger charge is -2.26. The fourth-order valence-electron chi connectivity index (χ4n) is 3.50. The fourth-order valence-corrected chi connectivity index (χ4v) is 4.29. The summed E-state index contributed by atoms with van der Waals surface area (Å²) in [5, 5.41) is 2.85. The van der Waals surface area contributed by atoms with E-state index in [2.05, 4.69) is 17.4 Å². The first-order valence-electron chi connectivity index (χ1n) is 8.05. The Bertz CT molecular complexity index is 834. The molecule has 2 aromatic carbocycles. The number of aryl methyl sites for hydroxylation is 1. The van der Waals surface area contributed by atoms with Gasteiger partial charge in [0.1, 0.15) is 0 Å². The standard InChI is InChI=1S/C19H18N2O2S/c1-21(16-8-6-12-4-2-3-5-14(12)16)19(23)13-7-9-17-15(10-13)20-18(22)11-24-17/h2-5,7,9-10,16H,6,8,11H2,1H3,(H,20,22). The summed E-state index contributed by atoms with van der Waals surface area (Å²) in [6.07, 6.45) is 1.97. The summed E-state index contributed by atoms with van der Waals surface area (Å²) in [4.78, 5) is 27.3. The van der Waals surface area contributed by atoms with Crippen LogP contribution in [0.4, 0.5) is 5.69 Å². The Morgan fingerprint density at radius 1 is 1.25 bits per heavy atom. The molecule has 2 aromatic rings. The molecule has 0 fully saturated rings. The van der Waals surface area contributed by atoms with Crippen molar-refractivity contribution in [2.75, 3.05) is 18.1 Å². The van der Waals surface area contributed by atoms with Crippen LogP contribution in [0.1, 0.15) is 33.9 Å². The molecule has 2 aliphatic rings. The maximum Gasteiger partial charge on any atom is 0.254 e. The number of nitrogens with one attached hydrogen (secondary N) is 1. The van der Waals surface area contributed by atoms with Crippen molar-refractivity contribution in [2.24, 2.45) is 0 Å². The normalized spacial score (nSPS) is 18.5. The number of thioether (sulfide) groups is 1. The molecular weight excluding hydrogens is 320 g/mol. The van der Waals surface area contributed by atoms with Crippen LogP contribution in [0, 0.1) is 0 Å². The molecule has 1 aliphatic carbocycles. The van der Waals surface area contributed by atoms with Gasteiger partial charge in [-0.15, -0.1) is 11.8 Å². The molecule has 0 saturated heterocycles. The van der Waals surface area contributed by atoms with Gasteiger partial charge in [0.2, 0.25) is 5.91 Å². The van der Waals surface area contributed by atoms with Gasteiger partial charge in [0.15, 0.2) is 0 Å². The van der Waals surface area contributed by atoms with Crippen LogP contribution in [0.2, 0.25) is 0 Å². The average Bonchev–Trinajstić information content (AvgIpc) is 3.04. The summed E-state index contributed by atoms with van der Waals surface area (Å²) in [6.45, 7) is 0. The van der Waals surface area contributed by atoms with Crippen molar-refractivity contribution < 1.29 is 9.59 Å². The Hall–Kier alpha value is -2.27. The Balaban J connectivity index is 1.60. The summed E-state index contributed by atoms with van der Waals surface area (Å²) in [5.74, 6) is 0.401. The first-order chi connectivity index (χ1) is 11.6. The minimum absolute atomic E-state index is 0.00988. The van der Waals surface area contributed by atoms with Crippen molar-refractivity contribution in [3.63, 3.8) is 0 Å². The number of hydrogen-bond acceptors (Lipinski definition) is 3. The Morgan fingerprint density at radius 2 is 2.08 bits per heavy atom. The van der Waals surface area contributed by atoms with Crippen molar-refractivity contribution in [2.45, 2.75) is 23.8 Å². The van der Waals surface area contributed by atoms with Crippen molar-refractivity contribution >= 4 is 29.3 Å². The van der Waals surface area contributed by atoms with Crippen LogP contribution in [-0.2, 0) is 11.2 Å². The number of nitrogens with zero attached hydrogens (tertiary/aromatic N) is 1. The van der Waals surface area contributed by atoms with Gasteiger partial charge in [0.05, 0.1) is 17.5 Å². The molecule has 0 bridgehead atoms. The third-order valence-corrected chi connectivity index (χ3v) is 5.82. The minimum Gasteiger partial charge on any atom is -0.335 e. The molecule has 1 heterocycles. The van der Waals surface area contributed by atoms with E-state index in [9.17, 15) is 9.59 Å². The molecule has 4 nitrogen and oxygen atoms in total. The molecule has 1 N–H and O–H groups in total. The SMILES string of the molecule is CN(C(=O)c1ccc2c(c1)NC(=O)CS2)C1CCc2ccccc21. The summed E-state index contributed by atoms with van der Waals surface area (Å²) >= 11 is 1.50. The number of rotatable bonds is 2. The Kier molecular flexibility index (Phi) is 3.81. The quantitative estimate of drug-likeness (QED) is 0.912. The van der Waals surface area contributed by atoms with E-state index in [0.717, 1.165) is 23.4 Å². The predicted octanol–water partition coefficient (Wildman–Crippen LogP) is 3.49. The number of benzene rings is 2. The van der Waals surface area contributed by atoms with E-state index in [0.29, 0.717) is 11.3 Å². The smallest absolute Gasteiger partial charge is 0.254 e. The molecule has 1 atom stereocenters. The second-order valence-corrected chi connectivity index (χ2v) is 7.23. The van der Waals surface area contributed by atoms with Gasteiger partial charge in [-0.3, -0.25) is 9.59 Å². The fraction of sp³-hybridized carbons (Fsp3) is 0.263. The molecule has 2 amide bonds. The molecule has 4 rings (SSSR count). The molecular formula is C19H18N2O2S. The summed E-state index contributed by atoms with van der Waals surface area (Å²) < 4.78 is 0. The van der Waals surface area contributed by atoms with Crippen LogP contribution in [-0.4, -0.2) is 29.5 Å². The van der Waals surface area contributed by atoms with E-state index in [1.54, 1.807) is 6.07 Å². The van der Waals surface area contributed by atoms with Gasteiger partial charge in [-0.05, 0) is 42.2 Å². The third-order valence-electron chi connectivity index (χ3n) is 4.75. The summed E-state index contributed by atoms with van der Waals surface area (Å²) in [7, 11) is 1.86. The number of fused-ring (bicyclic) bond motifs is 2. The molecule has 0 saturated carbocycles. The number of anilines is 1. The highest BCUT2D eigenvalue weighted by Gasteiger charge is 2.29. The van der Waals surface area contributed by atoms with Crippen molar-refractivity contribution in [1.82, 2.24) is 4.90 Å². The topological polar surface area (TPSA) is 49.4 Å². The third kappa shape index (κ3) is 2.59. The second-order valence-electron chi connectivity index (χ2n) is 6.22. The zero-order valence-electron chi connectivity index (χ0n) is 13.4. The van der Waals surface area contributed by atoms with Crippen molar-refractivity contribution in [1.29, 1.82) is 0 Å². The van der Waals surface area contributed by atoms with Crippen LogP contribution in [0.25, 0.3) is 0 Å². The summed E-state index contributed by atoms with van der Waals surface area (Å²) in [6, 6.07) is 14.0. The van der Waals surface area contributed by atoms with Gasteiger partial charge in [-0.2, -0.15) is 0 Å². The second kappa shape index (κ2) is 5.98. The highest BCUT2D eigenvalue weighted by Crippen LogP contribution is 2.36. The van der Waals surface area contributed by atoms with E-state index in [1.807, 2.05) is 36.2 Å². The lowest BCUT2D eigenvalue weighted by atomic mass is 10.1. The number of carbonyl (C=O) groups excluding carboxylic acids is 2. The van der Waals surface area contributed by atoms with Crippen molar-refractivity contribution in [3.05, 3.63) is 59.2 Å². The number of amides is 2. The van der Waals surface area contributed by atoms with Crippen LogP contribution < -0.4 is 5.32 Å². The molecule has 5 heteroatoms. The Labute approximate surface area is 145 Å². The monoisotopic (exact) mass is 338 g/mol. The van der Waals surface area contributed by atoms with Gasteiger partial charge < -0.3 is 10.2 Å². The molecule has 0 spiro atoms. The van der Waals surface area contributed by atoms with Crippen LogP contribution >= 0.6 is 11.8 Å². The van der Waals surface area contributed by atoms with E-state index < -0.39 is 0 Å². The highest BCUT2D eigenvalue weighted by molar-refractivity contribution is 8.00. The lowest BCUT2D eigenvalue weighted by Crippen LogP contribution is -2.30. The predicted molar refractivity (Wildman–Crippen MR) is 95.4 cm³/mol. The molecule has 0 aromatic heterocycles. The average molecular weight is 338 g/mol. The first-order valence-corrected chi connectivity index (χ1v) is 9.04. The van der Waals surface area contributed by atoms with Gasteiger partial charge in [0.25, 0.3) is 5.91 Å². The Morgan fingerprint density at radius 3 is 2.96 bits per heavy atom. The maximum absolute atomic E-state index is 12.9. The van der Waals surface area contributed by atoms with E-state index in [-0.39, 0.29) is 17.9 Å². The lowest BCUT2D eigenvalue weighted by molar-refractivity contribution is -0.113. The van der Waals surface area contributed by atoms with Gasteiger partial charge in [-0.1, -0.05) is 24.3 Å². The molecule has 1 aliphatic heterocycles. The highest BCUT2D eigenvalue weighted by atomic mass is 32.2. The van der Waals surface area contributed by atoms with Crippen molar-refractivity contribution in [3.8, 4) is 0 Å². The van der Waals surface area contributed by atoms with E-state index >= 15 is 0 Å². The van der Waals surface area contributed by atoms with Crippen LogP contribution in [0.3, 0.4) is 0 Å². The first kappa shape index (κ1) is 15.3. The summed E-state index contributed by atoms with van der Waals surface area (Å²) in [5.41, 5.74) is 3.93. The maximum atomic E-state index is 12.9. The van der Waals surface area contributed by atoms with Crippen LogP contribution in [0.15, 0.2) is 47.4 Å².